The monoisotopic (exact) mass is 254 g/mol. The normalized spacial score (nSPS) is 12.0. The molecule has 1 aromatic rings. The van der Waals surface area contributed by atoms with Crippen LogP contribution in [0.25, 0.3) is 0 Å². The van der Waals surface area contributed by atoms with E-state index in [-0.39, 0.29) is 5.69 Å². The van der Waals surface area contributed by atoms with E-state index in [0.717, 1.165) is 12.1 Å². The van der Waals surface area contributed by atoms with E-state index in [2.05, 4.69) is 0 Å². The lowest BCUT2D eigenvalue weighted by molar-refractivity contribution is 0.153. The van der Waals surface area contributed by atoms with E-state index >= 15 is 0 Å². The Bertz CT molecular complexity index is 476. The topological polar surface area (TPSA) is 72.2 Å². The Morgan fingerprint density at radius 2 is 2.00 bits per heavy atom. The third kappa shape index (κ3) is 3.11. The van der Waals surface area contributed by atoms with E-state index in [9.17, 15) is 21.6 Å². The molecule has 0 saturated heterocycles. The number of hydrogen-bond donors (Lipinski definition) is 2. The molecular weight excluding hydrogens is 245 g/mol. The highest BCUT2D eigenvalue weighted by atomic mass is 32.2. The third-order valence-corrected chi connectivity index (χ3v) is 3.13. The molecule has 16 heavy (non-hydrogen) atoms. The minimum absolute atomic E-state index is 0.0466. The number of sulfonamides is 1. The van der Waals surface area contributed by atoms with E-state index in [1.165, 1.54) is 6.07 Å². The fourth-order valence-corrected chi connectivity index (χ4v) is 2.05. The average Bonchev–Trinajstić information content (AvgIpc) is 2.14. The van der Waals surface area contributed by atoms with Crippen molar-refractivity contribution in [3.8, 4) is 0 Å². The van der Waals surface area contributed by atoms with Gasteiger partial charge in [-0.1, -0.05) is 0 Å². The van der Waals surface area contributed by atoms with Gasteiger partial charge < -0.3 is 5.73 Å². The van der Waals surface area contributed by atoms with Crippen molar-refractivity contribution in [2.75, 3.05) is 12.3 Å². The molecule has 0 saturated carbocycles. The predicted octanol–water partition coefficient (Wildman–Crippen LogP) is 0.951. The number of nitrogens with one attached hydrogen (secondary N) is 1. The van der Waals surface area contributed by atoms with Crippen LogP contribution in [0.15, 0.2) is 23.1 Å². The van der Waals surface area contributed by atoms with Gasteiger partial charge in [-0.25, -0.2) is 26.3 Å². The quantitative estimate of drug-likeness (QED) is 0.786. The maximum atomic E-state index is 13.2. The van der Waals surface area contributed by atoms with Crippen molar-refractivity contribution in [3.63, 3.8) is 0 Å². The van der Waals surface area contributed by atoms with E-state index in [1.807, 2.05) is 0 Å². The Hall–Kier alpha value is -1.28. The molecule has 0 aliphatic rings. The predicted molar refractivity (Wildman–Crippen MR) is 52.0 cm³/mol. The van der Waals surface area contributed by atoms with E-state index in [1.54, 1.807) is 4.72 Å². The van der Waals surface area contributed by atoms with Gasteiger partial charge in [-0.15, -0.1) is 0 Å². The molecule has 0 spiro atoms. The van der Waals surface area contributed by atoms with Crippen LogP contribution in [0.1, 0.15) is 0 Å². The van der Waals surface area contributed by atoms with Gasteiger partial charge in [-0.05, 0) is 18.2 Å². The number of benzene rings is 1. The van der Waals surface area contributed by atoms with Crippen LogP contribution in [0.2, 0.25) is 0 Å². The van der Waals surface area contributed by atoms with Crippen LogP contribution in [0.4, 0.5) is 18.9 Å². The molecule has 8 heteroatoms. The molecule has 1 rings (SSSR count). The maximum Gasteiger partial charge on any atom is 0.251 e. The van der Waals surface area contributed by atoms with Crippen molar-refractivity contribution in [3.05, 3.63) is 24.0 Å². The summed E-state index contributed by atoms with van der Waals surface area (Å²) < 4.78 is 61.1. The number of halogens is 3. The Morgan fingerprint density at radius 1 is 1.38 bits per heavy atom. The van der Waals surface area contributed by atoms with Crippen molar-refractivity contribution in [1.29, 1.82) is 0 Å². The van der Waals surface area contributed by atoms with Gasteiger partial charge in [-0.2, -0.15) is 0 Å². The zero-order chi connectivity index (χ0) is 12.3. The summed E-state index contributed by atoms with van der Waals surface area (Å²) >= 11 is 0. The summed E-state index contributed by atoms with van der Waals surface area (Å²) in [5.74, 6) is -1.08. The Balaban J connectivity index is 2.99. The molecular formula is C8H9F3N2O2S. The number of nitrogen functional groups attached to an aromatic ring is 1. The number of anilines is 1. The largest absolute Gasteiger partial charge is 0.399 e. The van der Waals surface area contributed by atoms with Crippen LogP contribution in [0, 0.1) is 5.82 Å². The molecule has 0 aliphatic heterocycles. The van der Waals surface area contributed by atoms with Crippen molar-refractivity contribution in [1.82, 2.24) is 4.72 Å². The summed E-state index contributed by atoms with van der Waals surface area (Å²) in [6.07, 6.45) is -2.84. The van der Waals surface area contributed by atoms with Crippen LogP contribution in [-0.4, -0.2) is 21.4 Å². The Kier molecular flexibility index (Phi) is 3.76. The van der Waals surface area contributed by atoms with Crippen molar-refractivity contribution >= 4 is 15.7 Å². The molecule has 0 aliphatic carbocycles. The first-order valence-corrected chi connectivity index (χ1v) is 5.64. The maximum absolute atomic E-state index is 13.2. The first kappa shape index (κ1) is 12.8. The van der Waals surface area contributed by atoms with Gasteiger partial charge in [0.25, 0.3) is 6.43 Å². The molecule has 0 heterocycles. The summed E-state index contributed by atoms with van der Waals surface area (Å²) in [6.45, 7) is -1.06. The summed E-state index contributed by atoms with van der Waals surface area (Å²) in [7, 11) is -4.26. The lowest BCUT2D eigenvalue weighted by atomic mass is 10.3. The average molecular weight is 254 g/mol. The Morgan fingerprint density at radius 3 is 2.50 bits per heavy atom. The highest BCUT2D eigenvalue weighted by Crippen LogP contribution is 2.16. The lowest BCUT2D eigenvalue weighted by Gasteiger charge is -2.07. The van der Waals surface area contributed by atoms with Gasteiger partial charge in [0, 0.05) is 5.69 Å². The van der Waals surface area contributed by atoms with E-state index < -0.39 is 33.7 Å². The summed E-state index contributed by atoms with van der Waals surface area (Å²) in [5, 5.41) is 0. The first-order chi connectivity index (χ1) is 7.33. The van der Waals surface area contributed by atoms with Gasteiger partial charge in [0.15, 0.2) is 0 Å². The second kappa shape index (κ2) is 4.71. The van der Waals surface area contributed by atoms with Crippen LogP contribution >= 0.6 is 0 Å². The highest BCUT2D eigenvalue weighted by molar-refractivity contribution is 7.89. The van der Waals surface area contributed by atoms with Gasteiger partial charge in [0.05, 0.1) is 6.54 Å². The summed E-state index contributed by atoms with van der Waals surface area (Å²) in [5.41, 5.74) is 5.26. The van der Waals surface area contributed by atoms with Crippen LogP contribution in [0.5, 0.6) is 0 Å². The van der Waals surface area contributed by atoms with Crippen LogP contribution < -0.4 is 10.5 Å². The van der Waals surface area contributed by atoms with Crippen LogP contribution in [-0.2, 0) is 10.0 Å². The molecule has 0 radical (unpaired) electrons. The second-order valence-corrected chi connectivity index (χ2v) is 4.67. The number of rotatable bonds is 4. The molecule has 3 N–H and O–H groups in total. The number of alkyl halides is 2. The smallest absolute Gasteiger partial charge is 0.251 e. The summed E-state index contributed by atoms with van der Waals surface area (Å²) in [6, 6.07) is 2.88. The number of hydrogen-bond acceptors (Lipinski definition) is 3. The third-order valence-electron chi connectivity index (χ3n) is 1.67. The minimum atomic E-state index is -4.26. The lowest BCUT2D eigenvalue weighted by Crippen LogP contribution is -2.29. The second-order valence-electron chi connectivity index (χ2n) is 2.93. The molecule has 0 atom stereocenters. The zero-order valence-electron chi connectivity index (χ0n) is 7.95. The summed E-state index contributed by atoms with van der Waals surface area (Å²) in [4.78, 5) is -0.706. The van der Waals surface area contributed by atoms with E-state index in [0.29, 0.717) is 0 Å². The van der Waals surface area contributed by atoms with Crippen LogP contribution in [0.3, 0.4) is 0 Å². The molecule has 90 valence electrons. The molecule has 0 amide bonds. The fourth-order valence-electron chi connectivity index (χ4n) is 0.985. The van der Waals surface area contributed by atoms with Gasteiger partial charge >= 0.3 is 0 Å². The van der Waals surface area contributed by atoms with Gasteiger partial charge in [0.2, 0.25) is 10.0 Å². The Labute approximate surface area is 90.3 Å². The van der Waals surface area contributed by atoms with Crippen molar-refractivity contribution < 1.29 is 21.6 Å². The van der Waals surface area contributed by atoms with Gasteiger partial charge in [-0.3, -0.25) is 0 Å². The standard InChI is InChI=1S/C8H9F3N2O2S/c9-6-3-5(12)1-2-7(6)16(14,15)13-4-8(10)11/h1-3,8,13H,4,12H2. The molecule has 1 aromatic carbocycles. The fraction of sp³-hybridized carbons (Fsp3) is 0.250. The SMILES string of the molecule is Nc1ccc(S(=O)(=O)NCC(F)F)c(F)c1. The highest BCUT2D eigenvalue weighted by Gasteiger charge is 2.20. The van der Waals surface area contributed by atoms with Crippen molar-refractivity contribution in [2.45, 2.75) is 11.3 Å². The molecule has 4 nitrogen and oxygen atoms in total. The minimum Gasteiger partial charge on any atom is -0.399 e. The molecule has 0 unspecified atom stereocenters. The molecule has 0 bridgehead atoms. The zero-order valence-corrected chi connectivity index (χ0v) is 8.77. The molecule has 0 aromatic heterocycles. The first-order valence-electron chi connectivity index (χ1n) is 4.16. The number of nitrogens with two attached hydrogens (primary N) is 1. The van der Waals surface area contributed by atoms with Gasteiger partial charge in [0.1, 0.15) is 10.7 Å². The molecule has 0 fully saturated rings. The van der Waals surface area contributed by atoms with Crippen molar-refractivity contribution in [2.24, 2.45) is 0 Å². The van der Waals surface area contributed by atoms with E-state index in [4.69, 9.17) is 5.73 Å².